The smallest absolute Gasteiger partial charge is 0.155 e. The van der Waals surface area contributed by atoms with Gasteiger partial charge in [0.1, 0.15) is 11.9 Å². The standard InChI is InChI=1S/C15H12FN5/c1-10-4-15-19-8-11(9-21(15)20-10)7-18-13-2-3-14(16)12(5-13)6-17/h2-5,8-9,18H,7H2,1H3. The van der Waals surface area contributed by atoms with Crippen LogP contribution in [0.25, 0.3) is 5.65 Å². The number of halogens is 1. The van der Waals surface area contributed by atoms with Crippen molar-refractivity contribution in [3.05, 3.63) is 59.3 Å². The molecular weight excluding hydrogens is 269 g/mol. The van der Waals surface area contributed by atoms with Crippen molar-refractivity contribution < 1.29 is 4.39 Å². The van der Waals surface area contributed by atoms with E-state index < -0.39 is 5.82 Å². The molecule has 0 spiro atoms. The van der Waals surface area contributed by atoms with E-state index in [4.69, 9.17) is 5.26 Å². The molecule has 1 aromatic carbocycles. The van der Waals surface area contributed by atoms with Crippen molar-refractivity contribution in [1.82, 2.24) is 14.6 Å². The Hall–Kier alpha value is -2.94. The Morgan fingerprint density at radius 2 is 2.24 bits per heavy atom. The molecule has 0 fully saturated rings. The maximum Gasteiger partial charge on any atom is 0.155 e. The van der Waals surface area contributed by atoms with Crippen LogP contribution in [-0.2, 0) is 6.54 Å². The number of benzene rings is 1. The lowest BCUT2D eigenvalue weighted by Gasteiger charge is -2.07. The zero-order chi connectivity index (χ0) is 14.8. The van der Waals surface area contributed by atoms with Gasteiger partial charge in [0.15, 0.2) is 5.65 Å². The molecule has 3 aromatic rings. The Labute approximate surface area is 120 Å². The maximum absolute atomic E-state index is 13.2. The molecular formula is C15H12FN5. The zero-order valence-electron chi connectivity index (χ0n) is 11.3. The molecule has 3 rings (SSSR count). The Balaban J connectivity index is 1.78. The number of hydrogen-bond donors (Lipinski definition) is 1. The fourth-order valence-corrected chi connectivity index (χ4v) is 2.05. The van der Waals surface area contributed by atoms with Crippen molar-refractivity contribution in [3.63, 3.8) is 0 Å². The van der Waals surface area contributed by atoms with Gasteiger partial charge in [0.25, 0.3) is 0 Å². The summed E-state index contributed by atoms with van der Waals surface area (Å²) in [7, 11) is 0. The van der Waals surface area contributed by atoms with E-state index in [-0.39, 0.29) is 5.56 Å². The SMILES string of the molecule is Cc1cc2ncc(CNc3ccc(F)c(C#N)c3)cn2n1. The molecule has 0 bridgehead atoms. The summed E-state index contributed by atoms with van der Waals surface area (Å²) in [4.78, 5) is 4.31. The first-order valence-corrected chi connectivity index (χ1v) is 6.40. The molecule has 5 nitrogen and oxygen atoms in total. The van der Waals surface area contributed by atoms with Gasteiger partial charge in [0.2, 0.25) is 0 Å². The summed E-state index contributed by atoms with van der Waals surface area (Å²) < 4.78 is 15.0. The Morgan fingerprint density at radius 1 is 1.38 bits per heavy atom. The van der Waals surface area contributed by atoms with Crippen molar-refractivity contribution in [2.75, 3.05) is 5.32 Å². The first-order valence-electron chi connectivity index (χ1n) is 6.40. The van der Waals surface area contributed by atoms with Crippen LogP contribution in [0.15, 0.2) is 36.7 Å². The Bertz CT molecular complexity index is 847. The van der Waals surface area contributed by atoms with Crippen LogP contribution >= 0.6 is 0 Å². The molecule has 104 valence electrons. The predicted molar refractivity (Wildman–Crippen MR) is 76.2 cm³/mol. The van der Waals surface area contributed by atoms with Crippen LogP contribution in [0.1, 0.15) is 16.8 Å². The van der Waals surface area contributed by atoms with E-state index >= 15 is 0 Å². The maximum atomic E-state index is 13.2. The number of aromatic nitrogens is 3. The number of anilines is 1. The van der Waals surface area contributed by atoms with Gasteiger partial charge in [-0.15, -0.1) is 0 Å². The predicted octanol–water partition coefficient (Wildman–Crippen LogP) is 2.66. The average Bonchev–Trinajstić information content (AvgIpc) is 2.85. The van der Waals surface area contributed by atoms with E-state index in [1.54, 1.807) is 16.8 Å². The highest BCUT2D eigenvalue weighted by atomic mass is 19.1. The Morgan fingerprint density at radius 3 is 3.05 bits per heavy atom. The van der Waals surface area contributed by atoms with Crippen molar-refractivity contribution in [1.29, 1.82) is 5.26 Å². The highest BCUT2D eigenvalue weighted by Gasteiger charge is 2.04. The monoisotopic (exact) mass is 281 g/mol. The van der Waals surface area contributed by atoms with Gasteiger partial charge in [-0.3, -0.25) is 0 Å². The summed E-state index contributed by atoms with van der Waals surface area (Å²) in [6.45, 7) is 2.42. The largest absolute Gasteiger partial charge is 0.381 e. The third-order valence-corrected chi connectivity index (χ3v) is 3.07. The van der Waals surface area contributed by atoms with E-state index in [0.717, 1.165) is 16.9 Å². The van der Waals surface area contributed by atoms with Gasteiger partial charge in [-0.1, -0.05) is 0 Å². The second-order valence-corrected chi connectivity index (χ2v) is 4.71. The molecule has 1 N–H and O–H groups in total. The lowest BCUT2D eigenvalue weighted by atomic mass is 10.2. The highest BCUT2D eigenvalue weighted by molar-refractivity contribution is 5.50. The fourth-order valence-electron chi connectivity index (χ4n) is 2.05. The van der Waals surface area contributed by atoms with Crippen molar-refractivity contribution >= 4 is 11.3 Å². The van der Waals surface area contributed by atoms with Gasteiger partial charge in [-0.2, -0.15) is 10.4 Å². The van der Waals surface area contributed by atoms with Crippen LogP contribution in [0.5, 0.6) is 0 Å². The van der Waals surface area contributed by atoms with Gasteiger partial charge >= 0.3 is 0 Å². The number of fused-ring (bicyclic) bond motifs is 1. The molecule has 2 aromatic heterocycles. The van der Waals surface area contributed by atoms with Gasteiger partial charge in [-0.25, -0.2) is 13.9 Å². The molecule has 0 amide bonds. The molecule has 0 aliphatic rings. The average molecular weight is 281 g/mol. The summed E-state index contributed by atoms with van der Waals surface area (Å²) in [5, 5.41) is 16.2. The number of aryl methyl sites for hydroxylation is 1. The van der Waals surface area contributed by atoms with Gasteiger partial charge in [0, 0.05) is 36.3 Å². The van der Waals surface area contributed by atoms with Gasteiger partial charge < -0.3 is 5.32 Å². The van der Waals surface area contributed by atoms with Crippen molar-refractivity contribution in [2.24, 2.45) is 0 Å². The number of hydrogen-bond acceptors (Lipinski definition) is 4. The molecule has 0 saturated carbocycles. The minimum Gasteiger partial charge on any atom is -0.381 e. The fraction of sp³-hybridized carbons (Fsp3) is 0.133. The van der Waals surface area contributed by atoms with Crippen LogP contribution in [0.2, 0.25) is 0 Å². The van der Waals surface area contributed by atoms with E-state index in [1.165, 1.54) is 12.1 Å². The minimum absolute atomic E-state index is 0.0243. The summed E-state index contributed by atoms with van der Waals surface area (Å²) in [6, 6.07) is 8.08. The second-order valence-electron chi connectivity index (χ2n) is 4.71. The van der Waals surface area contributed by atoms with E-state index in [2.05, 4.69) is 15.4 Å². The lowest BCUT2D eigenvalue weighted by Crippen LogP contribution is -2.03. The second kappa shape index (κ2) is 5.21. The van der Waals surface area contributed by atoms with Crippen LogP contribution in [0, 0.1) is 24.1 Å². The third-order valence-electron chi connectivity index (χ3n) is 3.07. The number of nitrogens with one attached hydrogen (secondary N) is 1. The van der Waals surface area contributed by atoms with E-state index in [1.807, 2.05) is 25.3 Å². The first kappa shape index (κ1) is 13.1. The van der Waals surface area contributed by atoms with Crippen LogP contribution < -0.4 is 5.32 Å². The molecule has 0 radical (unpaired) electrons. The van der Waals surface area contributed by atoms with E-state index in [9.17, 15) is 4.39 Å². The van der Waals surface area contributed by atoms with Crippen LogP contribution in [-0.4, -0.2) is 14.6 Å². The number of nitrogens with zero attached hydrogens (tertiary/aromatic N) is 4. The zero-order valence-corrected chi connectivity index (χ0v) is 11.3. The summed E-state index contributed by atoms with van der Waals surface area (Å²) >= 11 is 0. The molecule has 0 unspecified atom stereocenters. The summed E-state index contributed by atoms with van der Waals surface area (Å²) in [6.07, 6.45) is 3.65. The summed E-state index contributed by atoms with van der Waals surface area (Å²) in [5.74, 6) is -0.516. The Kier molecular flexibility index (Phi) is 3.24. The van der Waals surface area contributed by atoms with Crippen molar-refractivity contribution in [2.45, 2.75) is 13.5 Å². The molecule has 0 aliphatic carbocycles. The molecule has 0 saturated heterocycles. The molecule has 6 heteroatoms. The van der Waals surface area contributed by atoms with E-state index in [0.29, 0.717) is 12.2 Å². The highest BCUT2D eigenvalue weighted by Crippen LogP contribution is 2.15. The topological polar surface area (TPSA) is 66.0 Å². The minimum atomic E-state index is -0.516. The molecule has 0 aliphatic heterocycles. The molecule has 2 heterocycles. The third kappa shape index (κ3) is 2.67. The summed E-state index contributed by atoms with van der Waals surface area (Å²) in [5.41, 5.74) is 3.35. The van der Waals surface area contributed by atoms with Crippen molar-refractivity contribution in [3.8, 4) is 6.07 Å². The normalized spacial score (nSPS) is 10.5. The quantitative estimate of drug-likeness (QED) is 0.801. The number of rotatable bonds is 3. The van der Waals surface area contributed by atoms with Crippen LogP contribution in [0.4, 0.5) is 10.1 Å². The first-order chi connectivity index (χ1) is 10.2. The molecule has 0 atom stereocenters. The van der Waals surface area contributed by atoms with Crippen LogP contribution in [0.3, 0.4) is 0 Å². The lowest BCUT2D eigenvalue weighted by molar-refractivity contribution is 0.624. The van der Waals surface area contributed by atoms with Gasteiger partial charge in [0.05, 0.1) is 11.3 Å². The number of nitriles is 1. The van der Waals surface area contributed by atoms with Gasteiger partial charge in [-0.05, 0) is 25.1 Å². The molecule has 21 heavy (non-hydrogen) atoms.